The highest BCUT2D eigenvalue weighted by atomic mass is 16.6. The van der Waals surface area contributed by atoms with Gasteiger partial charge < -0.3 is 14.6 Å². The molecule has 0 heterocycles. The Balaban J connectivity index is 4.24. The summed E-state index contributed by atoms with van der Waals surface area (Å²) in [6.45, 7) is 6.88. The van der Waals surface area contributed by atoms with Gasteiger partial charge in [-0.2, -0.15) is 0 Å². The van der Waals surface area contributed by atoms with Gasteiger partial charge in [-0.1, -0.05) is 44.9 Å². The van der Waals surface area contributed by atoms with E-state index in [0.717, 1.165) is 32.1 Å². The third kappa shape index (κ3) is 11.5. The fourth-order valence-corrected chi connectivity index (χ4v) is 1.87. The van der Waals surface area contributed by atoms with Gasteiger partial charge in [0.1, 0.15) is 13.2 Å². The van der Waals surface area contributed by atoms with Crippen LogP contribution in [0.15, 0.2) is 24.3 Å². The lowest BCUT2D eigenvalue weighted by Gasteiger charge is -2.11. The van der Waals surface area contributed by atoms with E-state index >= 15 is 0 Å². The fourth-order valence-electron chi connectivity index (χ4n) is 1.87. The zero-order valence-electron chi connectivity index (χ0n) is 14.6. The molecular weight excluding hydrogens is 312 g/mol. The van der Waals surface area contributed by atoms with Gasteiger partial charge in [-0.25, -0.2) is 4.79 Å². The van der Waals surface area contributed by atoms with Crippen LogP contribution in [0.3, 0.4) is 0 Å². The number of carboxylic acids is 1. The summed E-state index contributed by atoms with van der Waals surface area (Å²) in [7, 11) is 0. The van der Waals surface area contributed by atoms with E-state index in [9.17, 15) is 14.4 Å². The number of allylic oxidation sites excluding steroid dienone is 1. The van der Waals surface area contributed by atoms with Crippen LogP contribution >= 0.6 is 0 Å². The first-order valence-electron chi connectivity index (χ1n) is 8.26. The summed E-state index contributed by atoms with van der Waals surface area (Å²) >= 11 is 0. The SMILES string of the molecule is C=C(C)C(=O)OCCOC(=O)C(C=CCCCCCC)CC(=O)O. The molecule has 1 N–H and O–H groups in total. The minimum atomic E-state index is -1.07. The van der Waals surface area contributed by atoms with Crippen LogP contribution < -0.4 is 0 Å². The van der Waals surface area contributed by atoms with E-state index in [1.54, 1.807) is 6.08 Å². The maximum absolute atomic E-state index is 11.9. The number of hydrogen-bond acceptors (Lipinski definition) is 5. The summed E-state index contributed by atoms with van der Waals surface area (Å²) < 4.78 is 9.77. The van der Waals surface area contributed by atoms with Gasteiger partial charge in [-0.05, 0) is 19.8 Å². The Bertz CT molecular complexity index is 452. The minimum absolute atomic E-state index is 0.0854. The molecule has 0 fully saturated rings. The van der Waals surface area contributed by atoms with E-state index in [1.807, 2.05) is 6.08 Å². The van der Waals surface area contributed by atoms with Crippen LogP contribution in [0.5, 0.6) is 0 Å². The molecule has 0 radical (unpaired) electrons. The molecule has 0 saturated carbocycles. The number of unbranched alkanes of at least 4 members (excludes halogenated alkanes) is 4. The van der Waals surface area contributed by atoms with Gasteiger partial charge in [0.25, 0.3) is 0 Å². The first kappa shape index (κ1) is 21.9. The number of esters is 2. The maximum Gasteiger partial charge on any atom is 0.333 e. The Morgan fingerprint density at radius 1 is 1.12 bits per heavy atom. The van der Waals surface area contributed by atoms with E-state index in [4.69, 9.17) is 14.6 Å². The topological polar surface area (TPSA) is 89.9 Å². The first-order chi connectivity index (χ1) is 11.4. The Morgan fingerprint density at radius 2 is 1.79 bits per heavy atom. The number of carbonyl (C=O) groups excluding carboxylic acids is 2. The highest BCUT2D eigenvalue weighted by molar-refractivity contribution is 5.86. The predicted octanol–water partition coefficient (Wildman–Crippen LogP) is 3.27. The van der Waals surface area contributed by atoms with Crippen molar-refractivity contribution < 1.29 is 29.0 Å². The highest BCUT2D eigenvalue weighted by Gasteiger charge is 2.20. The van der Waals surface area contributed by atoms with Crippen molar-refractivity contribution in [2.24, 2.45) is 5.92 Å². The first-order valence-corrected chi connectivity index (χ1v) is 8.26. The second-order valence-electron chi connectivity index (χ2n) is 5.57. The van der Waals surface area contributed by atoms with Gasteiger partial charge in [-0.15, -0.1) is 0 Å². The Hall–Kier alpha value is -2.11. The zero-order chi connectivity index (χ0) is 18.4. The minimum Gasteiger partial charge on any atom is -0.481 e. The normalized spacial score (nSPS) is 11.9. The third-order valence-corrected chi connectivity index (χ3v) is 3.20. The van der Waals surface area contributed by atoms with E-state index in [0.29, 0.717) is 0 Å². The van der Waals surface area contributed by atoms with Crippen LogP contribution in [0.25, 0.3) is 0 Å². The molecular formula is C18H28O6. The van der Waals surface area contributed by atoms with Crippen molar-refractivity contribution in [3.8, 4) is 0 Å². The van der Waals surface area contributed by atoms with Gasteiger partial charge in [0.05, 0.1) is 12.3 Å². The molecule has 0 aromatic carbocycles. The number of hydrogen-bond donors (Lipinski definition) is 1. The van der Waals surface area contributed by atoms with E-state index in [1.165, 1.54) is 6.92 Å². The summed E-state index contributed by atoms with van der Waals surface area (Å²) in [5.41, 5.74) is 0.260. The summed E-state index contributed by atoms with van der Waals surface area (Å²) in [4.78, 5) is 34.0. The average Bonchev–Trinajstić information content (AvgIpc) is 2.52. The highest BCUT2D eigenvalue weighted by Crippen LogP contribution is 2.11. The smallest absolute Gasteiger partial charge is 0.333 e. The lowest BCUT2D eigenvalue weighted by atomic mass is 10.0. The lowest BCUT2D eigenvalue weighted by molar-refractivity contribution is -0.154. The van der Waals surface area contributed by atoms with Crippen LogP contribution in [-0.2, 0) is 23.9 Å². The molecule has 0 aliphatic heterocycles. The van der Waals surface area contributed by atoms with Crippen molar-refractivity contribution in [1.82, 2.24) is 0 Å². The number of ether oxygens (including phenoxy) is 2. The average molecular weight is 340 g/mol. The van der Waals surface area contributed by atoms with Crippen LogP contribution in [0.4, 0.5) is 0 Å². The van der Waals surface area contributed by atoms with Gasteiger partial charge in [0.15, 0.2) is 0 Å². The van der Waals surface area contributed by atoms with Crippen molar-refractivity contribution >= 4 is 17.9 Å². The molecule has 0 spiro atoms. The molecule has 0 aliphatic carbocycles. The molecule has 0 aromatic rings. The van der Waals surface area contributed by atoms with E-state index < -0.39 is 23.8 Å². The number of carboxylic acid groups (broad SMARTS) is 1. The summed E-state index contributed by atoms with van der Waals surface area (Å²) in [5, 5.41) is 8.89. The summed E-state index contributed by atoms with van der Waals surface area (Å²) in [6.07, 6.45) is 8.33. The fraction of sp³-hybridized carbons (Fsp3) is 0.611. The van der Waals surface area contributed by atoms with Crippen LogP contribution in [0.1, 0.15) is 52.4 Å². The Labute approximate surface area is 143 Å². The molecule has 0 bridgehead atoms. The van der Waals surface area contributed by atoms with Crippen molar-refractivity contribution in [3.63, 3.8) is 0 Å². The molecule has 0 aliphatic rings. The number of carbonyl (C=O) groups is 3. The Kier molecular flexibility index (Phi) is 12.2. The monoisotopic (exact) mass is 340 g/mol. The van der Waals surface area contributed by atoms with Crippen molar-refractivity contribution in [2.75, 3.05) is 13.2 Å². The van der Waals surface area contributed by atoms with Crippen LogP contribution in [-0.4, -0.2) is 36.2 Å². The molecule has 1 atom stereocenters. The van der Waals surface area contributed by atoms with Crippen LogP contribution in [0.2, 0.25) is 0 Å². The zero-order valence-corrected chi connectivity index (χ0v) is 14.6. The second kappa shape index (κ2) is 13.3. The molecule has 0 aromatic heterocycles. The largest absolute Gasteiger partial charge is 0.481 e. The molecule has 6 nitrogen and oxygen atoms in total. The lowest BCUT2D eigenvalue weighted by Crippen LogP contribution is -2.21. The molecule has 0 amide bonds. The van der Waals surface area contributed by atoms with Crippen molar-refractivity contribution in [2.45, 2.75) is 52.4 Å². The molecule has 6 heteroatoms. The number of aliphatic carboxylic acids is 1. The molecule has 0 rings (SSSR count). The predicted molar refractivity (Wildman–Crippen MR) is 90.4 cm³/mol. The molecule has 0 saturated heterocycles. The molecule has 1 unspecified atom stereocenters. The maximum atomic E-state index is 11.9. The Morgan fingerprint density at radius 3 is 2.38 bits per heavy atom. The number of rotatable bonds is 13. The second-order valence-corrected chi connectivity index (χ2v) is 5.57. The quantitative estimate of drug-likeness (QED) is 0.239. The van der Waals surface area contributed by atoms with E-state index in [-0.39, 0.29) is 25.2 Å². The molecule has 24 heavy (non-hydrogen) atoms. The van der Waals surface area contributed by atoms with Gasteiger partial charge in [0.2, 0.25) is 0 Å². The van der Waals surface area contributed by atoms with Gasteiger partial charge in [0, 0.05) is 5.57 Å². The van der Waals surface area contributed by atoms with Gasteiger partial charge >= 0.3 is 17.9 Å². The van der Waals surface area contributed by atoms with Crippen molar-refractivity contribution in [3.05, 3.63) is 24.3 Å². The molecule has 136 valence electrons. The van der Waals surface area contributed by atoms with Gasteiger partial charge in [-0.3, -0.25) is 9.59 Å². The summed E-state index contributed by atoms with van der Waals surface area (Å²) in [5.74, 6) is -3.08. The third-order valence-electron chi connectivity index (χ3n) is 3.20. The van der Waals surface area contributed by atoms with Crippen LogP contribution in [0, 0.1) is 5.92 Å². The standard InChI is InChI=1S/C18H28O6/c1-4-5-6-7-8-9-10-15(13-16(19)20)18(22)24-12-11-23-17(21)14(2)3/h9-10,15H,2,4-8,11-13H2,1,3H3,(H,19,20). The van der Waals surface area contributed by atoms with Crippen molar-refractivity contribution in [1.29, 1.82) is 0 Å². The summed E-state index contributed by atoms with van der Waals surface area (Å²) in [6, 6.07) is 0. The van der Waals surface area contributed by atoms with E-state index in [2.05, 4.69) is 13.5 Å².